The summed E-state index contributed by atoms with van der Waals surface area (Å²) in [5.74, 6) is -2.85. The largest absolute Gasteiger partial charge is 0.450 e. The van der Waals surface area contributed by atoms with Crippen molar-refractivity contribution in [1.29, 1.82) is 0 Å². The summed E-state index contributed by atoms with van der Waals surface area (Å²) in [5, 5.41) is 8.08. The van der Waals surface area contributed by atoms with Gasteiger partial charge in [0.05, 0.1) is 19.2 Å². The fourth-order valence-electron chi connectivity index (χ4n) is 7.21. The van der Waals surface area contributed by atoms with Crippen LogP contribution in [0.1, 0.15) is 94.9 Å². The van der Waals surface area contributed by atoms with Crippen molar-refractivity contribution in [2.75, 3.05) is 13.2 Å². The summed E-state index contributed by atoms with van der Waals surface area (Å²) >= 11 is 0. The van der Waals surface area contributed by atoms with Gasteiger partial charge < -0.3 is 30.3 Å². The number of hydrogen-bond acceptors (Lipinski definition) is 8. The van der Waals surface area contributed by atoms with E-state index in [-0.39, 0.29) is 32.5 Å². The van der Waals surface area contributed by atoms with Gasteiger partial charge in [-0.05, 0) is 53.4 Å². The summed E-state index contributed by atoms with van der Waals surface area (Å²) in [7, 11) is 0. The summed E-state index contributed by atoms with van der Waals surface area (Å²) < 4.78 is 11.5. The minimum absolute atomic E-state index is 0.0378. The normalized spacial score (nSPS) is 21.9. The number of nitrogens with one attached hydrogen (secondary N) is 3. The summed E-state index contributed by atoms with van der Waals surface area (Å²) in [6, 6.07) is 11.9. The molecule has 53 heavy (non-hydrogen) atoms. The lowest BCUT2D eigenvalue weighted by molar-refractivity contribution is -0.144. The first-order valence-corrected chi connectivity index (χ1v) is 18.8. The van der Waals surface area contributed by atoms with Crippen LogP contribution in [0.2, 0.25) is 0 Å². The number of benzene rings is 2. The number of rotatable bonds is 8. The molecule has 0 radical (unpaired) electrons. The maximum Gasteiger partial charge on any atom is 0.410 e. The van der Waals surface area contributed by atoms with E-state index < -0.39 is 65.3 Å². The van der Waals surface area contributed by atoms with Crippen molar-refractivity contribution in [3.8, 4) is 0 Å². The number of aryl methyl sites for hydroxylation is 1. The van der Waals surface area contributed by atoms with E-state index in [0.717, 1.165) is 42.4 Å². The topological polar surface area (TPSA) is 163 Å². The Kier molecular flexibility index (Phi) is 13.1. The Hall–Kier alpha value is -4.94. The lowest BCUT2D eigenvalue weighted by Gasteiger charge is -2.35. The number of amides is 5. The SMILES string of the molecule is CCC[C@H](NC(=O)[C@@H]1CC2CN1C(=O)[C@H](C(C)(C)C)NC(=O)OCCCCCCc1cccc3c1CN(C3)C(=O)O2)C(=O)C(=O)NCc1ccccc1. The van der Waals surface area contributed by atoms with Crippen molar-refractivity contribution in [2.24, 2.45) is 5.41 Å². The molecule has 1 saturated heterocycles. The summed E-state index contributed by atoms with van der Waals surface area (Å²) in [5.41, 5.74) is 3.39. The van der Waals surface area contributed by atoms with Crippen LogP contribution in [0.5, 0.6) is 0 Å². The van der Waals surface area contributed by atoms with Gasteiger partial charge in [0.1, 0.15) is 18.2 Å². The van der Waals surface area contributed by atoms with Crippen molar-refractivity contribution in [3.63, 3.8) is 0 Å². The average Bonchev–Trinajstić information content (AvgIpc) is 3.77. The third kappa shape index (κ3) is 10.1. The van der Waals surface area contributed by atoms with E-state index in [9.17, 15) is 28.8 Å². The quantitative estimate of drug-likeness (QED) is 0.334. The lowest BCUT2D eigenvalue weighted by Crippen LogP contribution is -2.59. The van der Waals surface area contributed by atoms with Crippen LogP contribution in [-0.2, 0) is 54.7 Å². The average molecular weight is 732 g/mol. The van der Waals surface area contributed by atoms with Gasteiger partial charge in [-0.2, -0.15) is 0 Å². The van der Waals surface area contributed by atoms with Gasteiger partial charge in [-0.25, -0.2) is 9.59 Å². The molecule has 1 fully saturated rings. The van der Waals surface area contributed by atoms with Crippen LogP contribution >= 0.6 is 0 Å². The number of ether oxygens (including phenoxy) is 2. The molecule has 13 heteroatoms. The molecule has 0 spiro atoms. The standard InChI is InChI=1S/C40H53N5O8/c1-5-14-31(33(46)36(48)41-22-26-15-9-8-10-16-26)42-35(47)32-21-29-24-45(32)37(49)34(40(2,3)4)43-38(50)52-20-12-7-6-11-17-27-18-13-19-28-23-44(25-30(27)28)39(51)53-29/h8-10,13,15-16,18-19,29,31-32,34H,5-7,11-12,14,17,20-25H2,1-4H3,(H,41,48)(H,42,47)(H,43,50)/t29?,31-,32-,34+/m0/s1. The zero-order valence-corrected chi connectivity index (χ0v) is 31.3. The molecule has 3 aliphatic rings. The van der Waals surface area contributed by atoms with Crippen LogP contribution in [0.3, 0.4) is 0 Å². The van der Waals surface area contributed by atoms with Gasteiger partial charge in [-0.1, -0.05) is 95.5 Å². The molecule has 3 N–H and O–H groups in total. The molecule has 5 rings (SSSR count). The van der Waals surface area contributed by atoms with Gasteiger partial charge in [0.25, 0.3) is 5.91 Å². The monoisotopic (exact) mass is 731 g/mol. The highest BCUT2D eigenvalue weighted by molar-refractivity contribution is 6.38. The Morgan fingerprint density at radius 2 is 1.68 bits per heavy atom. The predicted molar refractivity (Wildman–Crippen MR) is 196 cm³/mol. The Morgan fingerprint density at radius 3 is 2.42 bits per heavy atom. The number of Topliss-reactive ketones (excluding diaryl/α,β-unsaturated/α-hetero) is 1. The van der Waals surface area contributed by atoms with E-state index in [1.807, 2.05) is 49.4 Å². The van der Waals surface area contributed by atoms with E-state index in [2.05, 4.69) is 22.0 Å². The first kappa shape index (κ1) is 39.3. The molecule has 5 amide bonds. The summed E-state index contributed by atoms with van der Waals surface area (Å²) in [6.07, 6.45) is 2.82. The summed E-state index contributed by atoms with van der Waals surface area (Å²) in [6.45, 7) is 8.24. The maximum atomic E-state index is 14.4. The Labute approximate surface area is 311 Å². The fraction of sp³-hybridized carbons (Fsp3) is 0.550. The molecule has 286 valence electrons. The smallest absolute Gasteiger partial charge is 0.410 e. The van der Waals surface area contributed by atoms with Crippen molar-refractivity contribution in [1.82, 2.24) is 25.8 Å². The molecular formula is C40H53N5O8. The predicted octanol–water partition coefficient (Wildman–Crippen LogP) is 4.54. The highest BCUT2D eigenvalue weighted by Gasteiger charge is 2.47. The molecule has 2 aromatic carbocycles. The van der Waals surface area contributed by atoms with Gasteiger partial charge >= 0.3 is 12.2 Å². The van der Waals surface area contributed by atoms with Gasteiger partial charge in [-0.15, -0.1) is 0 Å². The molecule has 0 saturated carbocycles. The number of nitrogens with zero attached hydrogens (tertiary/aromatic N) is 2. The molecule has 3 aliphatic heterocycles. The van der Waals surface area contributed by atoms with E-state index in [0.29, 0.717) is 25.9 Å². The van der Waals surface area contributed by atoms with Crippen molar-refractivity contribution in [2.45, 2.75) is 123 Å². The third-order valence-corrected chi connectivity index (χ3v) is 10.1. The lowest BCUT2D eigenvalue weighted by atomic mass is 9.85. The van der Waals surface area contributed by atoms with Crippen LogP contribution in [0, 0.1) is 5.41 Å². The molecule has 4 bridgehead atoms. The first-order chi connectivity index (χ1) is 25.3. The zero-order chi connectivity index (χ0) is 38.1. The molecule has 13 nitrogen and oxygen atoms in total. The number of cyclic esters (lactones) is 1. The second kappa shape index (κ2) is 17.7. The Morgan fingerprint density at radius 1 is 0.943 bits per heavy atom. The van der Waals surface area contributed by atoms with Crippen molar-refractivity contribution < 1.29 is 38.2 Å². The van der Waals surface area contributed by atoms with Crippen LogP contribution in [-0.4, -0.2) is 82.9 Å². The molecular weight excluding hydrogens is 678 g/mol. The molecule has 0 aliphatic carbocycles. The van der Waals surface area contributed by atoms with E-state index in [1.54, 1.807) is 25.7 Å². The number of carbonyl (C=O) groups excluding carboxylic acids is 6. The van der Waals surface area contributed by atoms with Gasteiger partial charge in [0, 0.05) is 26.1 Å². The fourth-order valence-corrected chi connectivity index (χ4v) is 7.21. The van der Waals surface area contributed by atoms with Gasteiger partial charge in [0.15, 0.2) is 0 Å². The number of carbonyl (C=O) groups is 6. The Balaban J connectivity index is 1.37. The highest BCUT2D eigenvalue weighted by atomic mass is 16.6. The number of alkyl carbamates (subject to hydrolysis) is 1. The first-order valence-electron chi connectivity index (χ1n) is 18.8. The van der Waals surface area contributed by atoms with Crippen molar-refractivity contribution in [3.05, 3.63) is 70.8 Å². The molecule has 4 atom stereocenters. The van der Waals surface area contributed by atoms with Gasteiger partial charge in [0.2, 0.25) is 17.6 Å². The van der Waals surface area contributed by atoms with Crippen molar-refractivity contribution >= 4 is 35.7 Å². The third-order valence-electron chi connectivity index (χ3n) is 10.1. The minimum Gasteiger partial charge on any atom is -0.450 e. The number of hydrogen-bond donors (Lipinski definition) is 3. The molecule has 2 aromatic rings. The zero-order valence-electron chi connectivity index (χ0n) is 31.3. The van der Waals surface area contributed by atoms with E-state index >= 15 is 0 Å². The minimum atomic E-state index is -1.15. The van der Waals surface area contributed by atoms with E-state index in [1.165, 1.54) is 10.5 Å². The van der Waals surface area contributed by atoms with Crippen LogP contribution in [0.4, 0.5) is 9.59 Å². The maximum absolute atomic E-state index is 14.4. The number of fused-ring (bicyclic) bond motifs is 3. The second-order valence-electron chi connectivity index (χ2n) is 15.3. The second-order valence-corrected chi connectivity index (χ2v) is 15.3. The molecule has 3 heterocycles. The summed E-state index contributed by atoms with van der Waals surface area (Å²) in [4.78, 5) is 84.3. The highest BCUT2D eigenvalue weighted by Crippen LogP contribution is 2.31. The Bertz CT molecular complexity index is 1660. The van der Waals surface area contributed by atoms with Crippen LogP contribution in [0.15, 0.2) is 48.5 Å². The molecule has 0 aromatic heterocycles. The molecule has 1 unspecified atom stereocenters. The van der Waals surface area contributed by atoms with Crippen LogP contribution in [0.25, 0.3) is 0 Å². The van der Waals surface area contributed by atoms with Gasteiger partial charge in [-0.3, -0.25) is 24.1 Å². The number of ketones is 1. The van der Waals surface area contributed by atoms with E-state index in [4.69, 9.17) is 9.47 Å². The van der Waals surface area contributed by atoms with Crippen LogP contribution < -0.4 is 16.0 Å².